The summed E-state index contributed by atoms with van der Waals surface area (Å²) in [6.07, 6.45) is 1.23. The first-order valence-electron chi connectivity index (χ1n) is 7.21. The zero-order chi connectivity index (χ0) is 16.4. The Balaban J connectivity index is 1.81. The van der Waals surface area contributed by atoms with Gasteiger partial charge in [-0.05, 0) is 18.9 Å². The Hall–Kier alpha value is -2.16. The fraction of sp³-hybridized carbons (Fsp3) is 0.500. The summed E-state index contributed by atoms with van der Waals surface area (Å²) in [7, 11) is 1.85. The minimum atomic E-state index is -4.50. The van der Waals surface area contributed by atoms with Gasteiger partial charge in [-0.1, -0.05) is 0 Å². The molecule has 0 aromatic carbocycles. The topological polar surface area (TPSA) is 64.9 Å². The normalized spacial score (nSPS) is 22.1. The molecular formula is C14H16F3N5O. The highest BCUT2D eigenvalue weighted by Crippen LogP contribution is 2.30. The first kappa shape index (κ1) is 15.7. The van der Waals surface area contributed by atoms with E-state index in [1.807, 2.05) is 11.6 Å². The molecule has 0 amide bonds. The van der Waals surface area contributed by atoms with Crippen molar-refractivity contribution in [1.82, 2.24) is 19.5 Å². The zero-order valence-corrected chi connectivity index (χ0v) is 12.4. The number of aryl methyl sites for hydroxylation is 1. The predicted octanol–water partition coefficient (Wildman–Crippen LogP) is 2.56. The quantitative estimate of drug-likeness (QED) is 0.938. The summed E-state index contributed by atoms with van der Waals surface area (Å²) in [4.78, 5) is 11.7. The number of imidazole rings is 1. The third kappa shape index (κ3) is 3.44. The third-order valence-electron chi connectivity index (χ3n) is 3.70. The standard InChI is InChI=1S/C14H16F3N5O/c1-22-7-6-18-12(22)11-9(3-2-8-23-11)20-13-19-5-4-10(21-13)14(15,16)17/h4-7,9,11H,2-3,8H2,1H3,(H,19,20,21)/t9-,11-/m0/s1. The lowest BCUT2D eigenvalue weighted by atomic mass is 10.0. The van der Waals surface area contributed by atoms with Crippen LogP contribution in [-0.4, -0.2) is 32.2 Å². The van der Waals surface area contributed by atoms with Gasteiger partial charge < -0.3 is 14.6 Å². The molecular weight excluding hydrogens is 311 g/mol. The van der Waals surface area contributed by atoms with Crippen LogP contribution in [0.5, 0.6) is 0 Å². The molecule has 6 nitrogen and oxygen atoms in total. The van der Waals surface area contributed by atoms with E-state index in [0.717, 1.165) is 25.1 Å². The summed E-state index contributed by atoms with van der Waals surface area (Å²) in [5.74, 6) is 0.656. The number of halogens is 3. The average Bonchev–Trinajstić information content (AvgIpc) is 2.93. The highest BCUT2D eigenvalue weighted by Gasteiger charge is 2.34. The van der Waals surface area contributed by atoms with Gasteiger partial charge in [-0.3, -0.25) is 0 Å². The van der Waals surface area contributed by atoms with Gasteiger partial charge in [-0.25, -0.2) is 15.0 Å². The van der Waals surface area contributed by atoms with E-state index in [2.05, 4.69) is 20.3 Å². The largest absolute Gasteiger partial charge is 0.433 e. The van der Waals surface area contributed by atoms with Crippen molar-refractivity contribution in [3.8, 4) is 0 Å². The minimum Gasteiger partial charge on any atom is -0.368 e. The van der Waals surface area contributed by atoms with E-state index >= 15 is 0 Å². The summed E-state index contributed by atoms with van der Waals surface area (Å²) in [6, 6.07) is 0.604. The maximum atomic E-state index is 12.7. The van der Waals surface area contributed by atoms with Crippen LogP contribution < -0.4 is 5.32 Å². The number of nitrogens with one attached hydrogen (secondary N) is 1. The highest BCUT2D eigenvalue weighted by molar-refractivity contribution is 5.29. The molecule has 0 aliphatic carbocycles. The number of hydrogen-bond donors (Lipinski definition) is 1. The Kier molecular flexibility index (Phi) is 4.20. The molecule has 0 saturated carbocycles. The monoisotopic (exact) mass is 327 g/mol. The van der Waals surface area contributed by atoms with Gasteiger partial charge in [0.05, 0.1) is 6.04 Å². The van der Waals surface area contributed by atoms with Crippen LogP contribution in [0.4, 0.5) is 19.1 Å². The van der Waals surface area contributed by atoms with Gasteiger partial charge >= 0.3 is 6.18 Å². The molecule has 23 heavy (non-hydrogen) atoms. The van der Waals surface area contributed by atoms with Gasteiger partial charge in [-0.2, -0.15) is 13.2 Å². The SMILES string of the molecule is Cn1ccnc1[C@H]1OCCC[C@@H]1Nc1nccc(C(F)(F)F)n1. The van der Waals surface area contributed by atoms with Crippen molar-refractivity contribution in [2.45, 2.75) is 31.2 Å². The molecule has 1 fully saturated rings. The van der Waals surface area contributed by atoms with Crippen molar-refractivity contribution in [2.24, 2.45) is 7.05 Å². The van der Waals surface area contributed by atoms with Gasteiger partial charge in [0.2, 0.25) is 5.95 Å². The van der Waals surface area contributed by atoms with Crippen molar-refractivity contribution in [3.63, 3.8) is 0 Å². The molecule has 0 bridgehead atoms. The second-order valence-electron chi connectivity index (χ2n) is 5.34. The summed E-state index contributed by atoms with van der Waals surface area (Å²) in [5.41, 5.74) is -0.972. The molecule has 0 unspecified atom stereocenters. The average molecular weight is 327 g/mol. The summed E-state index contributed by atoms with van der Waals surface area (Å²) >= 11 is 0. The fourth-order valence-corrected chi connectivity index (χ4v) is 2.59. The molecule has 0 radical (unpaired) electrons. The van der Waals surface area contributed by atoms with Crippen molar-refractivity contribution >= 4 is 5.95 Å². The van der Waals surface area contributed by atoms with Crippen molar-refractivity contribution < 1.29 is 17.9 Å². The van der Waals surface area contributed by atoms with Crippen LogP contribution in [0.15, 0.2) is 24.7 Å². The maximum Gasteiger partial charge on any atom is 0.433 e. The number of nitrogens with zero attached hydrogens (tertiary/aromatic N) is 4. The summed E-state index contributed by atoms with van der Waals surface area (Å²) in [5, 5.41) is 2.96. The molecule has 1 aliphatic rings. The van der Waals surface area contributed by atoms with Crippen molar-refractivity contribution in [1.29, 1.82) is 0 Å². The van der Waals surface area contributed by atoms with Crippen LogP contribution >= 0.6 is 0 Å². The first-order chi connectivity index (χ1) is 10.9. The number of hydrogen-bond acceptors (Lipinski definition) is 5. The van der Waals surface area contributed by atoms with E-state index < -0.39 is 11.9 Å². The lowest BCUT2D eigenvalue weighted by Gasteiger charge is -2.31. The molecule has 2 aromatic rings. The molecule has 1 aliphatic heterocycles. The lowest BCUT2D eigenvalue weighted by Crippen LogP contribution is -2.35. The maximum absolute atomic E-state index is 12.7. The molecule has 2 atom stereocenters. The number of aromatic nitrogens is 4. The van der Waals surface area contributed by atoms with Gasteiger partial charge in [0.15, 0.2) is 0 Å². The Morgan fingerprint density at radius 2 is 2.13 bits per heavy atom. The molecule has 3 rings (SSSR count). The van der Waals surface area contributed by atoms with E-state index in [0.29, 0.717) is 12.4 Å². The molecule has 1 N–H and O–H groups in total. The van der Waals surface area contributed by atoms with E-state index in [1.165, 1.54) is 0 Å². The van der Waals surface area contributed by atoms with Crippen LogP contribution in [-0.2, 0) is 18.0 Å². The molecule has 124 valence electrons. The smallest absolute Gasteiger partial charge is 0.368 e. The predicted molar refractivity (Wildman–Crippen MR) is 75.6 cm³/mol. The van der Waals surface area contributed by atoms with Crippen LogP contribution in [0, 0.1) is 0 Å². The van der Waals surface area contributed by atoms with Crippen molar-refractivity contribution in [2.75, 3.05) is 11.9 Å². The molecule has 1 saturated heterocycles. The molecule has 3 heterocycles. The minimum absolute atomic E-state index is 0.0606. The van der Waals surface area contributed by atoms with Crippen LogP contribution in [0.1, 0.15) is 30.5 Å². The Morgan fingerprint density at radius 3 is 2.83 bits per heavy atom. The van der Waals surface area contributed by atoms with Gasteiger partial charge in [0.1, 0.15) is 17.6 Å². The molecule has 0 spiro atoms. The van der Waals surface area contributed by atoms with E-state index in [-0.39, 0.29) is 18.1 Å². The van der Waals surface area contributed by atoms with E-state index in [1.54, 1.807) is 12.4 Å². The van der Waals surface area contributed by atoms with Gasteiger partial charge in [-0.15, -0.1) is 0 Å². The number of alkyl halides is 3. The third-order valence-corrected chi connectivity index (χ3v) is 3.70. The Labute approximate surface area is 130 Å². The Morgan fingerprint density at radius 1 is 1.30 bits per heavy atom. The number of rotatable bonds is 3. The van der Waals surface area contributed by atoms with Crippen LogP contribution in [0.2, 0.25) is 0 Å². The fourth-order valence-electron chi connectivity index (χ4n) is 2.59. The zero-order valence-electron chi connectivity index (χ0n) is 12.4. The summed E-state index contributed by atoms with van der Waals surface area (Å²) < 4.78 is 45.8. The van der Waals surface area contributed by atoms with E-state index in [4.69, 9.17) is 4.74 Å². The highest BCUT2D eigenvalue weighted by atomic mass is 19.4. The van der Waals surface area contributed by atoms with Gasteiger partial charge in [0.25, 0.3) is 0 Å². The second kappa shape index (κ2) is 6.15. The Bertz CT molecular complexity index is 672. The lowest BCUT2D eigenvalue weighted by molar-refractivity contribution is -0.141. The molecule has 9 heteroatoms. The van der Waals surface area contributed by atoms with Gasteiger partial charge in [0, 0.05) is 32.2 Å². The first-order valence-corrected chi connectivity index (χ1v) is 7.21. The number of ether oxygens (including phenoxy) is 1. The van der Waals surface area contributed by atoms with Crippen LogP contribution in [0.25, 0.3) is 0 Å². The second-order valence-corrected chi connectivity index (χ2v) is 5.34. The van der Waals surface area contributed by atoms with E-state index in [9.17, 15) is 13.2 Å². The molecule has 2 aromatic heterocycles. The van der Waals surface area contributed by atoms with Crippen molar-refractivity contribution in [3.05, 3.63) is 36.2 Å². The van der Waals surface area contributed by atoms with Crippen LogP contribution in [0.3, 0.4) is 0 Å². The summed E-state index contributed by atoms with van der Waals surface area (Å²) in [6.45, 7) is 0.582. The number of anilines is 1.